The number of hydrogen-bond acceptors (Lipinski definition) is 2. The van der Waals surface area contributed by atoms with Gasteiger partial charge in [-0.05, 0) is 12.3 Å². The van der Waals surface area contributed by atoms with Gasteiger partial charge in [0.2, 0.25) is 0 Å². The van der Waals surface area contributed by atoms with Gasteiger partial charge in [-0.3, -0.25) is 0 Å². The first kappa shape index (κ1) is 14.0. The van der Waals surface area contributed by atoms with Crippen molar-refractivity contribution in [2.75, 3.05) is 0 Å². The van der Waals surface area contributed by atoms with Crippen molar-refractivity contribution in [1.82, 2.24) is 0 Å². The van der Waals surface area contributed by atoms with E-state index in [9.17, 15) is 9.90 Å². The number of hydrogen-bond donors (Lipinski definition) is 0. The smallest absolute Gasteiger partial charge is 0.550 e. The number of aliphatic carboxylic acids is 1. The molecule has 0 amide bonds. The number of carboxylic acid groups (broad SMARTS) is 1. The quantitative estimate of drug-likeness (QED) is 0.348. The third-order valence-electron chi connectivity index (χ3n) is 1.64. The van der Waals surface area contributed by atoms with E-state index in [-0.39, 0.29) is 35.5 Å². The maximum absolute atomic E-state index is 10.2. The van der Waals surface area contributed by atoms with Crippen molar-refractivity contribution in [3.63, 3.8) is 0 Å². The molecule has 0 aliphatic carbocycles. The van der Waals surface area contributed by atoms with Crippen molar-refractivity contribution < 1.29 is 39.5 Å². The molecule has 1 unspecified atom stereocenters. The van der Waals surface area contributed by atoms with E-state index in [0.29, 0.717) is 0 Å². The first-order valence-electron chi connectivity index (χ1n) is 3.89. The zero-order chi connectivity index (χ0) is 7.98. The molecule has 3 heteroatoms. The molecule has 0 radical (unpaired) electrons. The van der Waals surface area contributed by atoms with Gasteiger partial charge in [0.15, 0.2) is 0 Å². The van der Waals surface area contributed by atoms with Crippen LogP contribution in [0.2, 0.25) is 0 Å². The van der Waals surface area contributed by atoms with E-state index in [1.807, 2.05) is 0 Å². The van der Waals surface area contributed by atoms with Crippen molar-refractivity contribution in [1.29, 1.82) is 0 Å². The Labute approximate surface area is 90.7 Å². The largest absolute Gasteiger partial charge is 1.00 e. The minimum atomic E-state index is -0.920. The van der Waals surface area contributed by atoms with Crippen LogP contribution in [0.15, 0.2) is 0 Å². The maximum Gasteiger partial charge on any atom is 1.00 e. The fourth-order valence-electron chi connectivity index (χ4n) is 0.818. The fourth-order valence-corrected chi connectivity index (χ4v) is 0.818. The average molecular weight is 166 g/mol. The van der Waals surface area contributed by atoms with E-state index < -0.39 is 5.97 Å². The molecular weight excluding hydrogens is 151 g/mol. The molecular formula is C8H15NaO2. The van der Waals surface area contributed by atoms with Gasteiger partial charge >= 0.3 is 29.6 Å². The Morgan fingerprint density at radius 2 is 2.00 bits per heavy atom. The van der Waals surface area contributed by atoms with Crippen molar-refractivity contribution in [3.8, 4) is 0 Å². The number of carboxylic acids is 1. The molecule has 0 N–H and O–H groups in total. The SMILES string of the molecule is CCCCCC(C)C(=O)[O-].[Na+]. The third kappa shape index (κ3) is 8.38. The molecule has 0 aliphatic heterocycles. The van der Waals surface area contributed by atoms with E-state index >= 15 is 0 Å². The Balaban J connectivity index is 0. The molecule has 0 aliphatic rings. The Kier molecular flexibility index (Phi) is 10.9. The van der Waals surface area contributed by atoms with Gasteiger partial charge in [0.25, 0.3) is 0 Å². The predicted molar refractivity (Wildman–Crippen MR) is 38.3 cm³/mol. The van der Waals surface area contributed by atoms with Crippen LogP contribution in [0.4, 0.5) is 0 Å². The molecule has 0 aromatic rings. The van der Waals surface area contributed by atoms with Crippen LogP contribution in [0.5, 0.6) is 0 Å². The van der Waals surface area contributed by atoms with Gasteiger partial charge in [0.1, 0.15) is 0 Å². The summed E-state index contributed by atoms with van der Waals surface area (Å²) in [6, 6.07) is 0. The van der Waals surface area contributed by atoms with Crippen LogP contribution in [0.25, 0.3) is 0 Å². The molecule has 11 heavy (non-hydrogen) atoms. The van der Waals surface area contributed by atoms with Gasteiger partial charge in [-0.1, -0.05) is 33.1 Å². The first-order valence-corrected chi connectivity index (χ1v) is 3.89. The van der Waals surface area contributed by atoms with Crippen molar-refractivity contribution in [3.05, 3.63) is 0 Å². The van der Waals surface area contributed by atoms with Crippen LogP contribution in [-0.4, -0.2) is 5.97 Å². The number of carbonyl (C=O) groups excluding carboxylic acids is 1. The van der Waals surface area contributed by atoms with E-state index in [0.717, 1.165) is 25.7 Å². The summed E-state index contributed by atoms with van der Waals surface area (Å²) < 4.78 is 0. The second-order valence-electron chi connectivity index (χ2n) is 2.72. The molecule has 60 valence electrons. The van der Waals surface area contributed by atoms with Crippen LogP contribution < -0.4 is 34.7 Å². The fraction of sp³-hybridized carbons (Fsp3) is 0.875. The normalized spacial score (nSPS) is 11.8. The van der Waals surface area contributed by atoms with Crippen LogP contribution in [0.1, 0.15) is 39.5 Å². The Morgan fingerprint density at radius 3 is 2.36 bits per heavy atom. The Bertz CT molecular complexity index is 104. The second kappa shape index (κ2) is 8.57. The molecule has 0 saturated carbocycles. The predicted octanol–water partition coefficient (Wildman–Crippen LogP) is -2.04. The maximum atomic E-state index is 10.2. The first-order chi connectivity index (χ1) is 4.68. The Morgan fingerprint density at radius 1 is 1.45 bits per heavy atom. The van der Waals surface area contributed by atoms with Crippen LogP contribution in [0, 0.1) is 5.92 Å². The van der Waals surface area contributed by atoms with E-state index in [1.165, 1.54) is 0 Å². The molecule has 0 aromatic heterocycles. The number of unbranched alkanes of at least 4 members (excludes halogenated alkanes) is 2. The van der Waals surface area contributed by atoms with Crippen LogP contribution >= 0.6 is 0 Å². The standard InChI is InChI=1S/C8H16O2.Na/c1-3-4-5-6-7(2)8(9)10;/h7H,3-6H2,1-2H3,(H,9,10);/q;+1/p-1. The average Bonchev–Trinajstić information content (AvgIpc) is 1.88. The minimum Gasteiger partial charge on any atom is -0.550 e. The summed E-state index contributed by atoms with van der Waals surface area (Å²) in [6.07, 6.45) is 4.03. The molecule has 0 saturated heterocycles. The monoisotopic (exact) mass is 166 g/mol. The molecule has 0 aromatic carbocycles. The van der Waals surface area contributed by atoms with Crippen molar-refractivity contribution in [2.45, 2.75) is 39.5 Å². The topological polar surface area (TPSA) is 40.1 Å². The van der Waals surface area contributed by atoms with E-state index in [4.69, 9.17) is 0 Å². The summed E-state index contributed by atoms with van der Waals surface area (Å²) in [4.78, 5) is 10.2. The minimum absolute atomic E-state index is 0. The van der Waals surface area contributed by atoms with Crippen molar-refractivity contribution in [2.24, 2.45) is 5.92 Å². The molecule has 2 nitrogen and oxygen atoms in total. The van der Waals surface area contributed by atoms with Gasteiger partial charge in [-0.15, -0.1) is 0 Å². The Hall–Kier alpha value is 0.470. The molecule has 0 spiro atoms. The second-order valence-corrected chi connectivity index (χ2v) is 2.72. The van der Waals surface area contributed by atoms with Gasteiger partial charge in [-0.2, -0.15) is 0 Å². The molecule has 0 fully saturated rings. The number of carbonyl (C=O) groups is 1. The van der Waals surface area contributed by atoms with E-state index in [2.05, 4.69) is 6.92 Å². The molecule has 0 bridgehead atoms. The zero-order valence-corrected chi connectivity index (χ0v) is 9.72. The summed E-state index contributed by atoms with van der Waals surface area (Å²) in [5.41, 5.74) is 0. The van der Waals surface area contributed by atoms with Gasteiger partial charge < -0.3 is 9.90 Å². The molecule has 0 heterocycles. The molecule has 1 atom stereocenters. The van der Waals surface area contributed by atoms with Crippen LogP contribution in [-0.2, 0) is 4.79 Å². The van der Waals surface area contributed by atoms with Crippen LogP contribution in [0.3, 0.4) is 0 Å². The summed E-state index contributed by atoms with van der Waals surface area (Å²) in [7, 11) is 0. The third-order valence-corrected chi connectivity index (χ3v) is 1.64. The van der Waals surface area contributed by atoms with Gasteiger partial charge in [0, 0.05) is 5.97 Å². The molecule has 0 rings (SSSR count). The summed E-state index contributed by atoms with van der Waals surface area (Å²) >= 11 is 0. The summed E-state index contributed by atoms with van der Waals surface area (Å²) in [5, 5.41) is 10.2. The van der Waals surface area contributed by atoms with Gasteiger partial charge in [0.05, 0.1) is 0 Å². The summed E-state index contributed by atoms with van der Waals surface area (Å²) in [5.74, 6) is -1.19. The number of rotatable bonds is 5. The van der Waals surface area contributed by atoms with Crippen molar-refractivity contribution >= 4 is 5.97 Å². The summed E-state index contributed by atoms with van der Waals surface area (Å²) in [6.45, 7) is 3.80. The zero-order valence-electron chi connectivity index (χ0n) is 7.72. The van der Waals surface area contributed by atoms with Gasteiger partial charge in [-0.25, -0.2) is 0 Å². The van der Waals surface area contributed by atoms with E-state index in [1.54, 1.807) is 6.92 Å².